The van der Waals surface area contributed by atoms with Crippen LogP contribution in [-0.2, 0) is 11.3 Å². The molecule has 1 atom stereocenters. The summed E-state index contributed by atoms with van der Waals surface area (Å²) in [5.74, 6) is 0.556. The van der Waals surface area contributed by atoms with Crippen LogP contribution in [0.1, 0.15) is 18.7 Å². The van der Waals surface area contributed by atoms with E-state index in [1.165, 1.54) is 0 Å². The van der Waals surface area contributed by atoms with E-state index in [1.807, 2.05) is 54.0 Å². The highest BCUT2D eigenvalue weighted by Crippen LogP contribution is 2.19. The number of hydrogen-bond acceptors (Lipinski definition) is 3. The molecule has 5 nitrogen and oxygen atoms in total. The van der Waals surface area contributed by atoms with Crippen LogP contribution in [0.5, 0.6) is 0 Å². The number of carbonyl (C=O) groups excluding carboxylic acids is 1. The maximum atomic E-state index is 12.7. The Morgan fingerprint density at radius 2 is 1.62 bits per heavy atom. The van der Waals surface area contributed by atoms with Gasteiger partial charge >= 0.3 is 0 Å². The van der Waals surface area contributed by atoms with Crippen molar-refractivity contribution < 1.29 is 9.21 Å². The maximum absolute atomic E-state index is 12.7. The Kier molecular flexibility index (Phi) is 4.05. The van der Waals surface area contributed by atoms with Gasteiger partial charge in [0.05, 0.1) is 23.3 Å². The molecule has 5 heteroatoms. The van der Waals surface area contributed by atoms with Crippen molar-refractivity contribution in [3.05, 3.63) is 82.9 Å². The van der Waals surface area contributed by atoms with Crippen molar-refractivity contribution in [1.29, 1.82) is 0 Å². The maximum Gasteiger partial charge on any atom is 0.240 e. The summed E-state index contributed by atoms with van der Waals surface area (Å²) in [4.78, 5) is 25.4. The number of hydrogen-bond donors (Lipinski definition) is 1. The Labute approximate surface area is 149 Å². The van der Waals surface area contributed by atoms with Crippen molar-refractivity contribution in [3.8, 4) is 0 Å². The molecule has 26 heavy (non-hydrogen) atoms. The zero-order chi connectivity index (χ0) is 18.1. The van der Waals surface area contributed by atoms with Gasteiger partial charge in [-0.15, -0.1) is 0 Å². The van der Waals surface area contributed by atoms with Gasteiger partial charge < -0.3 is 14.3 Å². The van der Waals surface area contributed by atoms with E-state index in [0.29, 0.717) is 16.5 Å². The number of amides is 1. The highest BCUT2D eigenvalue weighted by Gasteiger charge is 2.15. The fourth-order valence-corrected chi connectivity index (χ4v) is 3.29. The van der Waals surface area contributed by atoms with Gasteiger partial charge in [-0.3, -0.25) is 9.59 Å². The van der Waals surface area contributed by atoms with Gasteiger partial charge in [-0.25, -0.2) is 0 Å². The molecular formula is C21H18N2O3. The summed E-state index contributed by atoms with van der Waals surface area (Å²) >= 11 is 0. The number of nitrogens with one attached hydrogen (secondary N) is 1. The van der Waals surface area contributed by atoms with Gasteiger partial charge in [-0.2, -0.15) is 0 Å². The standard InChI is InChI=1S/C21H18N2O3/c1-14(19-11-6-12-26-19)22-20(24)13-23-17-9-4-2-7-15(17)21(25)16-8-3-5-10-18(16)23/h2-12,14H,13H2,1H3,(H,22,24). The van der Waals surface area contributed by atoms with Gasteiger partial charge in [-0.05, 0) is 43.3 Å². The van der Waals surface area contributed by atoms with Crippen molar-refractivity contribution in [2.45, 2.75) is 19.5 Å². The first-order valence-corrected chi connectivity index (χ1v) is 8.48. The third-order valence-electron chi connectivity index (χ3n) is 4.53. The first-order valence-electron chi connectivity index (χ1n) is 8.48. The number of nitrogens with zero attached hydrogens (tertiary/aromatic N) is 1. The summed E-state index contributed by atoms with van der Waals surface area (Å²) in [6.07, 6.45) is 1.58. The number of fused-ring (bicyclic) bond motifs is 2. The Bertz CT molecular complexity index is 1080. The number of rotatable bonds is 4. The molecule has 0 aliphatic heterocycles. The second-order valence-electron chi connectivity index (χ2n) is 6.25. The predicted octanol–water partition coefficient (Wildman–Crippen LogP) is 3.63. The van der Waals surface area contributed by atoms with Crippen LogP contribution < -0.4 is 10.7 Å². The molecule has 0 saturated heterocycles. The SMILES string of the molecule is CC(NC(=O)Cn1c2ccccc2c(=O)c2ccccc21)c1ccco1. The molecule has 2 heterocycles. The molecule has 0 radical (unpaired) electrons. The van der Waals surface area contributed by atoms with Gasteiger partial charge in [0, 0.05) is 10.8 Å². The fourth-order valence-electron chi connectivity index (χ4n) is 3.29. The monoisotopic (exact) mass is 346 g/mol. The van der Waals surface area contributed by atoms with Crippen LogP contribution in [0.3, 0.4) is 0 Å². The van der Waals surface area contributed by atoms with Crippen LogP contribution in [0.4, 0.5) is 0 Å². The average molecular weight is 346 g/mol. The largest absolute Gasteiger partial charge is 0.467 e. The average Bonchev–Trinajstić information content (AvgIpc) is 3.20. The van der Waals surface area contributed by atoms with Crippen molar-refractivity contribution in [2.75, 3.05) is 0 Å². The zero-order valence-corrected chi connectivity index (χ0v) is 14.3. The molecule has 0 aliphatic carbocycles. The molecule has 0 bridgehead atoms. The summed E-state index contributed by atoms with van der Waals surface area (Å²) < 4.78 is 7.22. The van der Waals surface area contributed by atoms with Gasteiger partial charge in [0.15, 0.2) is 5.43 Å². The summed E-state index contributed by atoms with van der Waals surface area (Å²) in [5.41, 5.74) is 1.48. The molecule has 4 rings (SSSR count). The first-order chi connectivity index (χ1) is 12.6. The van der Waals surface area contributed by atoms with Crippen LogP contribution in [-0.4, -0.2) is 10.5 Å². The lowest BCUT2D eigenvalue weighted by Crippen LogP contribution is -2.30. The molecule has 130 valence electrons. The van der Waals surface area contributed by atoms with Gasteiger partial charge in [0.2, 0.25) is 5.91 Å². The molecule has 0 fully saturated rings. The minimum atomic E-state index is -0.227. The van der Waals surface area contributed by atoms with Crippen molar-refractivity contribution in [2.24, 2.45) is 0 Å². The Hall–Kier alpha value is -3.34. The Morgan fingerprint density at radius 1 is 1.00 bits per heavy atom. The molecule has 1 N–H and O–H groups in total. The lowest BCUT2D eigenvalue weighted by Gasteiger charge is -2.17. The van der Waals surface area contributed by atoms with Gasteiger partial charge in [-0.1, -0.05) is 24.3 Å². The smallest absolute Gasteiger partial charge is 0.240 e. The molecule has 0 spiro atoms. The van der Waals surface area contributed by atoms with E-state index in [1.54, 1.807) is 24.5 Å². The van der Waals surface area contributed by atoms with Gasteiger partial charge in [0.1, 0.15) is 12.3 Å². The molecular weight excluding hydrogens is 328 g/mol. The minimum Gasteiger partial charge on any atom is -0.467 e. The molecule has 4 aromatic rings. The molecule has 0 saturated carbocycles. The van der Waals surface area contributed by atoms with Crippen LogP contribution in [0.25, 0.3) is 21.8 Å². The van der Waals surface area contributed by atoms with E-state index in [2.05, 4.69) is 5.32 Å². The number of benzene rings is 2. The van der Waals surface area contributed by atoms with E-state index in [9.17, 15) is 9.59 Å². The van der Waals surface area contributed by atoms with Crippen LogP contribution in [0.2, 0.25) is 0 Å². The highest BCUT2D eigenvalue weighted by molar-refractivity contribution is 5.94. The second-order valence-corrected chi connectivity index (χ2v) is 6.25. The van der Waals surface area contributed by atoms with E-state index < -0.39 is 0 Å². The van der Waals surface area contributed by atoms with Crippen molar-refractivity contribution in [1.82, 2.24) is 9.88 Å². The number of carbonyl (C=O) groups is 1. The van der Waals surface area contributed by atoms with Crippen molar-refractivity contribution in [3.63, 3.8) is 0 Å². The second kappa shape index (κ2) is 6.52. The Morgan fingerprint density at radius 3 is 2.19 bits per heavy atom. The fraction of sp³-hybridized carbons (Fsp3) is 0.143. The highest BCUT2D eigenvalue weighted by atomic mass is 16.3. The third-order valence-corrected chi connectivity index (χ3v) is 4.53. The van der Waals surface area contributed by atoms with Crippen LogP contribution in [0, 0.1) is 0 Å². The minimum absolute atomic E-state index is 0.0168. The van der Waals surface area contributed by atoms with Crippen LogP contribution >= 0.6 is 0 Å². The molecule has 2 aromatic heterocycles. The number of para-hydroxylation sites is 2. The predicted molar refractivity (Wildman–Crippen MR) is 101 cm³/mol. The van der Waals surface area contributed by atoms with E-state index >= 15 is 0 Å². The summed E-state index contributed by atoms with van der Waals surface area (Å²) in [6, 6.07) is 18.1. The lowest BCUT2D eigenvalue weighted by atomic mass is 10.1. The number of pyridine rings is 1. The summed E-state index contributed by atoms with van der Waals surface area (Å²) in [5, 5.41) is 4.16. The first kappa shape index (κ1) is 16.1. The third kappa shape index (κ3) is 2.77. The summed E-state index contributed by atoms with van der Waals surface area (Å²) in [6.45, 7) is 1.99. The van der Waals surface area contributed by atoms with E-state index in [0.717, 1.165) is 11.0 Å². The zero-order valence-electron chi connectivity index (χ0n) is 14.3. The Balaban J connectivity index is 1.76. The molecule has 1 amide bonds. The quantitative estimate of drug-likeness (QED) is 0.574. The van der Waals surface area contributed by atoms with E-state index in [-0.39, 0.29) is 23.9 Å². The normalized spacial score (nSPS) is 12.3. The number of furan rings is 1. The topological polar surface area (TPSA) is 64.2 Å². The van der Waals surface area contributed by atoms with E-state index in [4.69, 9.17) is 4.42 Å². The summed E-state index contributed by atoms with van der Waals surface area (Å²) in [7, 11) is 0. The van der Waals surface area contributed by atoms with Crippen molar-refractivity contribution >= 4 is 27.7 Å². The molecule has 2 aromatic carbocycles. The van der Waals surface area contributed by atoms with Crippen LogP contribution in [0.15, 0.2) is 76.1 Å². The molecule has 0 aliphatic rings. The van der Waals surface area contributed by atoms with Gasteiger partial charge in [0.25, 0.3) is 0 Å². The lowest BCUT2D eigenvalue weighted by molar-refractivity contribution is -0.122. The molecule has 1 unspecified atom stereocenters. The number of aromatic nitrogens is 1.